The average Bonchev–Trinajstić information content (AvgIpc) is 3.27. The van der Waals surface area contributed by atoms with Gasteiger partial charge in [-0.3, -0.25) is 14.7 Å². The average molecular weight is 480 g/mol. The molecule has 2 aliphatic rings. The van der Waals surface area contributed by atoms with Crippen LogP contribution in [0.2, 0.25) is 5.02 Å². The Balaban J connectivity index is 1.19. The van der Waals surface area contributed by atoms with Crippen molar-refractivity contribution < 1.29 is 9.53 Å². The Kier molecular flexibility index (Phi) is 6.94. The zero-order valence-electron chi connectivity index (χ0n) is 19.4. The lowest BCUT2D eigenvalue weighted by atomic mass is 9.83. The van der Waals surface area contributed by atoms with Crippen molar-refractivity contribution in [3.63, 3.8) is 0 Å². The normalized spacial score (nSPS) is 21.4. The topological polar surface area (TPSA) is 72.3 Å². The predicted octanol–water partition coefficient (Wildman–Crippen LogP) is 4.84. The van der Waals surface area contributed by atoms with Crippen LogP contribution in [0.4, 0.5) is 5.69 Å². The molecule has 1 aliphatic carbocycles. The Morgan fingerprint density at radius 1 is 1.03 bits per heavy atom. The molecule has 2 aromatic heterocycles. The molecule has 8 heteroatoms. The highest BCUT2D eigenvalue weighted by Gasteiger charge is 2.28. The van der Waals surface area contributed by atoms with Gasteiger partial charge < -0.3 is 10.1 Å². The highest BCUT2D eigenvalue weighted by atomic mass is 35.5. The van der Waals surface area contributed by atoms with E-state index in [1.807, 2.05) is 25.1 Å². The number of anilines is 1. The Bertz CT molecular complexity index is 1120. The molecule has 0 atom stereocenters. The van der Waals surface area contributed by atoms with Gasteiger partial charge in [0.25, 0.3) is 5.91 Å². The molecule has 1 N–H and O–H groups in total. The maximum absolute atomic E-state index is 12.9. The highest BCUT2D eigenvalue weighted by molar-refractivity contribution is 6.30. The SMILES string of the molecule is Cc1c(C(=O)Nc2ccc(C3CCC(N4CCOCC4)CC3)nc2)cnn1-c1ccc(Cl)cc1. The quantitative estimate of drug-likeness (QED) is 0.567. The van der Waals surface area contributed by atoms with Crippen molar-refractivity contribution in [3.05, 3.63) is 70.8 Å². The molecule has 1 amide bonds. The Morgan fingerprint density at radius 3 is 2.44 bits per heavy atom. The number of nitrogens with zero attached hydrogens (tertiary/aromatic N) is 4. The summed E-state index contributed by atoms with van der Waals surface area (Å²) in [4.78, 5) is 20.2. The minimum Gasteiger partial charge on any atom is -0.379 e. The lowest BCUT2D eigenvalue weighted by Gasteiger charge is -2.38. The number of hydrogen-bond donors (Lipinski definition) is 1. The second-order valence-corrected chi connectivity index (χ2v) is 9.55. The predicted molar refractivity (Wildman–Crippen MR) is 133 cm³/mol. The van der Waals surface area contributed by atoms with Gasteiger partial charge in [-0.05, 0) is 69.0 Å². The first-order valence-electron chi connectivity index (χ1n) is 12.0. The van der Waals surface area contributed by atoms with Crippen LogP contribution in [0.1, 0.15) is 53.3 Å². The summed E-state index contributed by atoms with van der Waals surface area (Å²) < 4.78 is 7.22. The highest BCUT2D eigenvalue weighted by Crippen LogP contribution is 2.34. The molecular weight excluding hydrogens is 450 g/mol. The first-order chi connectivity index (χ1) is 16.6. The third kappa shape index (κ3) is 5.02. The maximum Gasteiger partial charge on any atom is 0.259 e. The largest absolute Gasteiger partial charge is 0.379 e. The molecule has 3 heterocycles. The second-order valence-electron chi connectivity index (χ2n) is 9.11. The van der Waals surface area contributed by atoms with E-state index < -0.39 is 0 Å². The molecule has 1 aliphatic heterocycles. The van der Waals surface area contributed by atoms with Crippen molar-refractivity contribution in [1.29, 1.82) is 0 Å². The van der Waals surface area contributed by atoms with Gasteiger partial charge in [-0.15, -0.1) is 0 Å². The van der Waals surface area contributed by atoms with Crippen molar-refractivity contribution in [2.24, 2.45) is 0 Å². The number of halogens is 1. The number of amides is 1. The van der Waals surface area contributed by atoms with Gasteiger partial charge in [0, 0.05) is 35.8 Å². The summed E-state index contributed by atoms with van der Waals surface area (Å²) in [6, 6.07) is 12.0. The standard InChI is InChI=1S/C26H30ClN5O2/c1-18-24(17-29-32(18)23-9-4-20(27)5-10-23)26(33)30-21-6-11-25(28-16-21)19-2-7-22(8-3-19)31-12-14-34-15-13-31/h4-6,9-11,16-17,19,22H,2-3,7-8,12-15H2,1H3,(H,30,33). The summed E-state index contributed by atoms with van der Waals surface area (Å²) in [6.07, 6.45) is 8.09. The summed E-state index contributed by atoms with van der Waals surface area (Å²) in [5.74, 6) is 0.292. The number of hydrogen-bond acceptors (Lipinski definition) is 5. The Morgan fingerprint density at radius 2 is 1.76 bits per heavy atom. The van der Waals surface area contributed by atoms with E-state index in [1.54, 1.807) is 29.2 Å². The number of nitrogens with one attached hydrogen (secondary N) is 1. The number of rotatable bonds is 5. The van der Waals surface area contributed by atoms with Crippen molar-refractivity contribution in [2.75, 3.05) is 31.6 Å². The van der Waals surface area contributed by atoms with E-state index in [2.05, 4.69) is 26.4 Å². The fraction of sp³-hybridized carbons (Fsp3) is 0.423. The summed E-state index contributed by atoms with van der Waals surface area (Å²) >= 11 is 5.98. The molecule has 34 heavy (non-hydrogen) atoms. The van der Waals surface area contributed by atoms with Crippen LogP contribution >= 0.6 is 11.6 Å². The van der Waals surface area contributed by atoms with E-state index >= 15 is 0 Å². The zero-order chi connectivity index (χ0) is 23.5. The number of carbonyl (C=O) groups excluding carboxylic acids is 1. The molecule has 1 saturated heterocycles. The Hall–Kier alpha value is -2.74. The number of ether oxygens (including phenoxy) is 1. The van der Waals surface area contributed by atoms with Crippen LogP contribution < -0.4 is 5.32 Å². The Labute approximate surface area is 205 Å². The van der Waals surface area contributed by atoms with E-state index in [1.165, 1.54) is 12.8 Å². The number of carbonyl (C=O) groups is 1. The maximum atomic E-state index is 12.9. The molecule has 1 aromatic carbocycles. The number of aromatic nitrogens is 3. The molecular formula is C26H30ClN5O2. The van der Waals surface area contributed by atoms with Gasteiger partial charge >= 0.3 is 0 Å². The van der Waals surface area contributed by atoms with Gasteiger partial charge in [0.2, 0.25) is 0 Å². The number of morpholine rings is 1. The molecule has 178 valence electrons. The lowest BCUT2D eigenvalue weighted by molar-refractivity contribution is 0.00721. The first kappa shape index (κ1) is 23.0. The van der Waals surface area contributed by atoms with Crippen LogP contribution in [0.15, 0.2) is 48.8 Å². The molecule has 2 fully saturated rings. The smallest absolute Gasteiger partial charge is 0.259 e. The third-order valence-corrected chi connectivity index (χ3v) is 7.30. The number of pyridine rings is 1. The zero-order valence-corrected chi connectivity index (χ0v) is 20.2. The van der Waals surface area contributed by atoms with Crippen LogP contribution in [0.25, 0.3) is 5.69 Å². The van der Waals surface area contributed by atoms with Gasteiger partial charge in [0.05, 0.1) is 48.2 Å². The van der Waals surface area contributed by atoms with Crippen LogP contribution in [0, 0.1) is 6.92 Å². The second kappa shape index (κ2) is 10.3. The number of benzene rings is 1. The monoisotopic (exact) mass is 479 g/mol. The fourth-order valence-electron chi connectivity index (χ4n) is 5.07. The van der Waals surface area contributed by atoms with Crippen molar-refractivity contribution in [1.82, 2.24) is 19.7 Å². The van der Waals surface area contributed by atoms with Crippen molar-refractivity contribution >= 4 is 23.2 Å². The van der Waals surface area contributed by atoms with E-state index in [0.717, 1.165) is 56.2 Å². The van der Waals surface area contributed by atoms with Crippen LogP contribution in [-0.2, 0) is 4.74 Å². The molecule has 0 spiro atoms. The van der Waals surface area contributed by atoms with E-state index in [0.29, 0.717) is 28.2 Å². The van der Waals surface area contributed by atoms with E-state index in [9.17, 15) is 4.79 Å². The minimum atomic E-state index is -0.196. The van der Waals surface area contributed by atoms with Gasteiger partial charge in [-0.2, -0.15) is 5.10 Å². The third-order valence-electron chi connectivity index (χ3n) is 7.05. The molecule has 0 radical (unpaired) electrons. The lowest BCUT2D eigenvalue weighted by Crippen LogP contribution is -2.44. The van der Waals surface area contributed by atoms with Gasteiger partial charge in [0.1, 0.15) is 0 Å². The molecule has 3 aromatic rings. The molecule has 5 rings (SSSR count). The molecule has 0 bridgehead atoms. The first-order valence-corrected chi connectivity index (χ1v) is 12.4. The summed E-state index contributed by atoms with van der Waals surface area (Å²) in [5, 5.41) is 8.00. The molecule has 0 unspecified atom stereocenters. The summed E-state index contributed by atoms with van der Waals surface area (Å²) in [7, 11) is 0. The van der Waals surface area contributed by atoms with Crippen LogP contribution in [-0.4, -0.2) is 57.9 Å². The fourth-order valence-corrected chi connectivity index (χ4v) is 5.20. The minimum absolute atomic E-state index is 0.196. The van der Waals surface area contributed by atoms with E-state index in [4.69, 9.17) is 16.3 Å². The van der Waals surface area contributed by atoms with Crippen molar-refractivity contribution in [3.8, 4) is 5.69 Å². The van der Waals surface area contributed by atoms with Gasteiger partial charge in [-0.25, -0.2) is 4.68 Å². The van der Waals surface area contributed by atoms with Crippen molar-refractivity contribution in [2.45, 2.75) is 44.6 Å². The molecule has 1 saturated carbocycles. The summed E-state index contributed by atoms with van der Waals surface area (Å²) in [5.41, 5.74) is 3.96. The molecule has 7 nitrogen and oxygen atoms in total. The summed E-state index contributed by atoms with van der Waals surface area (Å²) in [6.45, 7) is 5.71. The van der Waals surface area contributed by atoms with Gasteiger partial charge in [-0.1, -0.05) is 11.6 Å². The van der Waals surface area contributed by atoms with Crippen LogP contribution in [0.3, 0.4) is 0 Å². The van der Waals surface area contributed by atoms with Gasteiger partial charge in [0.15, 0.2) is 0 Å². The van der Waals surface area contributed by atoms with Crippen LogP contribution in [0.5, 0.6) is 0 Å². The van der Waals surface area contributed by atoms with E-state index in [-0.39, 0.29) is 5.91 Å².